The van der Waals surface area contributed by atoms with E-state index in [0.29, 0.717) is 17.9 Å². The van der Waals surface area contributed by atoms with Gasteiger partial charge in [-0.25, -0.2) is 0 Å². The summed E-state index contributed by atoms with van der Waals surface area (Å²) in [5.41, 5.74) is 0.485. The first kappa shape index (κ1) is 16.6. The molecule has 0 saturated carbocycles. The molecule has 0 radical (unpaired) electrons. The molecule has 2 unspecified atom stereocenters. The zero-order chi connectivity index (χ0) is 15.0. The zero-order valence-corrected chi connectivity index (χ0v) is 12.7. The van der Waals surface area contributed by atoms with Crippen LogP contribution in [0.25, 0.3) is 0 Å². The number of benzene rings is 1. The Morgan fingerprint density at radius 2 is 2.25 bits per heavy atom. The highest BCUT2D eigenvalue weighted by molar-refractivity contribution is 7.99. The van der Waals surface area contributed by atoms with Crippen molar-refractivity contribution in [3.63, 3.8) is 0 Å². The predicted molar refractivity (Wildman–Crippen MR) is 83.5 cm³/mol. The highest BCUT2D eigenvalue weighted by Crippen LogP contribution is 2.19. The van der Waals surface area contributed by atoms with Gasteiger partial charge in [0.2, 0.25) is 0 Å². The second-order valence-corrected chi connectivity index (χ2v) is 5.39. The largest absolute Gasteiger partial charge is 0.489 e. The molecule has 4 nitrogen and oxygen atoms in total. The fourth-order valence-corrected chi connectivity index (χ4v) is 2.37. The van der Waals surface area contributed by atoms with Gasteiger partial charge in [-0.05, 0) is 25.3 Å². The quantitative estimate of drug-likeness (QED) is 0.721. The van der Waals surface area contributed by atoms with Crippen molar-refractivity contribution in [3.05, 3.63) is 42.5 Å². The van der Waals surface area contributed by atoms with Gasteiger partial charge in [-0.15, -0.1) is 0 Å². The van der Waals surface area contributed by atoms with Crippen LogP contribution in [0.1, 0.15) is 17.3 Å². The van der Waals surface area contributed by atoms with Crippen LogP contribution >= 0.6 is 11.8 Å². The summed E-state index contributed by atoms with van der Waals surface area (Å²) in [4.78, 5) is 12.3. The van der Waals surface area contributed by atoms with Gasteiger partial charge in [0.05, 0.1) is 12.2 Å². The number of nitrogens with one attached hydrogen (secondary N) is 1. The summed E-state index contributed by atoms with van der Waals surface area (Å²) in [5.74, 6) is 0.325. The van der Waals surface area contributed by atoms with Crippen LogP contribution < -0.4 is 10.1 Å². The molecule has 0 aliphatic heterocycles. The standard InChI is InChI=1S/C15H21NO3S/c1-4-9-19-13-8-6-5-7-12(13)15(18)16-11(2)14(10-17)20-3/h4-8,11,14,17H,1,9-10H2,2-3H3,(H,16,18). The normalized spacial score (nSPS) is 13.3. The van der Waals surface area contributed by atoms with E-state index in [-0.39, 0.29) is 23.8 Å². The Balaban J connectivity index is 2.78. The van der Waals surface area contributed by atoms with Crippen molar-refractivity contribution in [2.45, 2.75) is 18.2 Å². The highest BCUT2D eigenvalue weighted by Gasteiger charge is 2.19. The Morgan fingerprint density at radius 3 is 2.85 bits per heavy atom. The van der Waals surface area contributed by atoms with E-state index in [1.54, 1.807) is 24.3 Å². The van der Waals surface area contributed by atoms with Gasteiger partial charge in [-0.1, -0.05) is 24.8 Å². The minimum absolute atomic E-state index is 0.0250. The van der Waals surface area contributed by atoms with Crippen molar-refractivity contribution in [2.75, 3.05) is 19.5 Å². The summed E-state index contributed by atoms with van der Waals surface area (Å²) in [7, 11) is 0. The molecule has 1 aromatic carbocycles. The van der Waals surface area contributed by atoms with E-state index >= 15 is 0 Å². The molecule has 0 aromatic heterocycles. The number of carbonyl (C=O) groups is 1. The molecule has 0 fully saturated rings. The van der Waals surface area contributed by atoms with Crippen LogP contribution in [0.2, 0.25) is 0 Å². The van der Waals surface area contributed by atoms with E-state index in [2.05, 4.69) is 11.9 Å². The lowest BCUT2D eigenvalue weighted by Crippen LogP contribution is -2.41. The first-order valence-electron chi connectivity index (χ1n) is 6.41. The van der Waals surface area contributed by atoms with Gasteiger partial charge >= 0.3 is 0 Å². The van der Waals surface area contributed by atoms with Crippen molar-refractivity contribution < 1.29 is 14.6 Å². The van der Waals surface area contributed by atoms with E-state index in [1.807, 2.05) is 19.2 Å². The smallest absolute Gasteiger partial charge is 0.255 e. The predicted octanol–water partition coefficient (Wildman–Crippen LogP) is 2.09. The lowest BCUT2D eigenvalue weighted by Gasteiger charge is -2.21. The molecule has 0 aliphatic rings. The Morgan fingerprint density at radius 1 is 1.55 bits per heavy atom. The average molecular weight is 295 g/mol. The molecule has 0 heterocycles. The van der Waals surface area contributed by atoms with Crippen LogP contribution in [-0.4, -0.2) is 41.8 Å². The number of amides is 1. The van der Waals surface area contributed by atoms with Gasteiger partial charge in [0.1, 0.15) is 12.4 Å². The average Bonchev–Trinajstić information content (AvgIpc) is 2.46. The maximum Gasteiger partial charge on any atom is 0.255 e. The van der Waals surface area contributed by atoms with E-state index in [4.69, 9.17) is 4.74 Å². The van der Waals surface area contributed by atoms with Crippen molar-refractivity contribution in [3.8, 4) is 5.75 Å². The van der Waals surface area contributed by atoms with Crippen LogP contribution in [-0.2, 0) is 0 Å². The molecule has 2 atom stereocenters. The Kier molecular flexibility index (Phi) is 7.18. The Hall–Kier alpha value is -1.46. The molecule has 1 aromatic rings. The fraction of sp³-hybridized carbons (Fsp3) is 0.400. The molecular formula is C15H21NO3S. The third kappa shape index (κ3) is 4.58. The first-order valence-corrected chi connectivity index (χ1v) is 7.70. The first-order chi connectivity index (χ1) is 9.63. The molecular weight excluding hydrogens is 274 g/mol. The summed E-state index contributed by atoms with van der Waals surface area (Å²) in [6.07, 6.45) is 3.54. The molecule has 0 spiro atoms. The lowest BCUT2D eigenvalue weighted by atomic mass is 10.1. The number of aliphatic hydroxyl groups excluding tert-OH is 1. The van der Waals surface area contributed by atoms with E-state index in [0.717, 1.165) is 0 Å². The van der Waals surface area contributed by atoms with Gasteiger partial charge in [0.25, 0.3) is 5.91 Å². The molecule has 0 aliphatic carbocycles. The Labute approximate surface area is 124 Å². The summed E-state index contributed by atoms with van der Waals surface area (Å²) in [6, 6.07) is 6.94. The lowest BCUT2D eigenvalue weighted by molar-refractivity contribution is 0.0932. The maximum atomic E-state index is 12.3. The number of para-hydroxylation sites is 1. The number of aliphatic hydroxyl groups is 1. The highest BCUT2D eigenvalue weighted by atomic mass is 32.2. The second kappa shape index (κ2) is 8.66. The van der Waals surface area contributed by atoms with Gasteiger partial charge in [-0.3, -0.25) is 4.79 Å². The Bertz CT molecular complexity index is 446. The number of ether oxygens (including phenoxy) is 1. The third-order valence-electron chi connectivity index (χ3n) is 2.89. The molecule has 1 rings (SSSR count). The zero-order valence-electron chi connectivity index (χ0n) is 11.8. The third-order valence-corrected chi connectivity index (χ3v) is 4.05. The molecule has 2 N–H and O–H groups in total. The molecule has 0 bridgehead atoms. The molecule has 5 heteroatoms. The summed E-state index contributed by atoms with van der Waals surface area (Å²) in [6.45, 7) is 5.84. The minimum Gasteiger partial charge on any atom is -0.489 e. The SMILES string of the molecule is C=CCOc1ccccc1C(=O)NC(C)C(CO)SC. The minimum atomic E-state index is -0.204. The summed E-state index contributed by atoms with van der Waals surface area (Å²) in [5, 5.41) is 12.1. The number of rotatable bonds is 8. The van der Waals surface area contributed by atoms with E-state index in [9.17, 15) is 9.90 Å². The maximum absolute atomic E-state index is 12.3. The molecule has 0 saturated heterocycles. The molecule has 20 heavy (non-hydrogen) atoms. The summed E-state index contributed by atoms with van der Waals surface area (Å²) >= 11 is 1.52. The van der Waals surface area contributed by atoms with Crippen LogP contribution in [0.4, 0.5) is 0 Å². The van der Waals surface area contributed by atoms with Gasteiger partial charge in [0.15, 0.2) is 0 Å². The number of hydrogen-bond donors (Lipinski definition) is 2. The number of hydrogen-bond acceptors (Lipinski definition) is 4. The van der Waals surface area contributed by atoms with Gasteiger partial charge < -0.3 is 15.2 Å². The van der Waals surface area contributed by atoms with E-state index < -0.39 is 0 Å². The van der Waals surface area contributed by atoms with E-state index in [1.165, 1.54) is 11.8 Å². The van der Waals surface area contributed by atoms with Crippen LogP contribution in [0.15, 0.2) is 36.9 Å². The monoisotopic (exact) mass is 295 g/mol. The van der Waals surface area contributed by atoms with Crippen LogP contribution in [0.5, 0.6) is 5.75 Å². The second-order valence-electron chi connectivity index (χ2n) is 4.31. The van der Waals surface area contributed by atoms with Crippen molar-refractivity contribution >= 4 is 17.7 Å². The molecule has 1 amide bonds. The van der Waals surface area contributed by atoms with Crippen molar-refractivity contribution in [1.82, 2.24) is 5.32 Å². The van der Waals surface area contributed by atoms with Gasteiger partial charge in [0, 0.05) is 11.3 Å². The summed E-state index contributed by atoms with van der Waals surface area (Å²) < 4.78 is 5.47. The fourth-order valence-electron chi connectivity index (χ4n) is 1.74. The van der Waals surface area contributed by atoms with Crippen LogP contribution in [0.3, 0.4) is 0 Å². The number of thioether (sulfide) groups is 1. The number of carbonyl (C=O) groups excluding carboxylic acids is 1. The van der Waals surface area contributed by atoms with Gasteiger partial charge in [-0.2, -0.15) is 11.8 Å². The topological polar surface area (TPSA) is 58.6 Å². The van der Waals surface area contributed by atoms with Crippen molar-refractivity contribution in [2.24, 2.45) is 0 Å². The molecule has 110 valence electrons. The van der Waals surface area contributed by atoms with Crippen LogP contribution in [0, 0.1) is 0 Å². The van der Waals surface area contributed by atoms with Crippen molar-refractivity contribution in [1.29, 1.82) is 0 Å².